The molecule has 2 unspecified atom stereocenters. The van der Waals surface area contributed by atoms with Crippen LogP contribution in [-0.2, 0) is 76.5 Å². The van der Waals surface area contributed by atoms with Crippen LogP contribution < -0.4 is 29.6 Å². The first-order valence-electron chi connectivity index (χ1n) is 39.7. The standard InChI is InChI=1S/C56H65N2O8P.C20H37N2O9P.C12H23NO4/c1-42(2)58(43(3)4)67(65-38-16-37-57)66-41-54(5,39-63-55(44-17-12-10-13-18-44,46-21-29-50(59-6)30-22-46)47-23-31-51(60-7)32-24-47)40-64-56(45-19-14-11-15-20-45,48-25-33-52(61-8)34-26-48)49-27-35-53(62-9)36-28-49;1-3-22-18(25)9-10-19(26)28-12-6-4-5-7-13-29-32(27,30-14-8-11-21)31-17-20(2,15-23)16-24;1-2-13-11(15)7-8-12(16)17-10-6-4-3-5-9-14/h10-15,17-36,42-43H,16,38-41H2,1-9H3;23-24H,3-10,12-17H2,1-2H3,(H,22,25);14H,2-10H2,1H3,(H,13,15). The number of nitrogens with zero attached hydrogens (tertiary/aromatic N) is 3. The zero-order chi connectivity index (χ0) is 85.1. The van der Waals surface area contributed by atoms with Gasteiger partial charge < -0.3 is 72.9 Å². The molecule has 6 aromatic carbocycles. The Bertz CT molecular complexity index is 3600. The van der Waals surface area contributed by atoms with E-state index in [0.717, 1.165) is 94.9 Å². The molecule has 0 aromatic heterocycles. The second-order valence-corrected chi connectivity index (χ2v) is 31.7. The molecule has 6 rings (SSSR count). The predicted octanol–water partition coefficient (Wildman–Crippen LogP) is 15.4. The van der Waals surface area contributed by atoms with Crippen LogP contribution in [0.15, 0.2) is 158 Å². The van der Waals surface area contributed by atoms with Crippen molar-refractivity contribution < 1.29 is 99.6 Å². The Morgan fingerprint density at radius 2 is 0.793 bits per heavy atom. The molecule has 26 nitrogen and oxygen atoms in total. The molecule has 0 spiro atoms. The lowest BCUT2D eigenvalue weighted by Crippen LogP contribution is -2.44. The van der Waals surface area contributed by atoms with Gasteiger partial charge in [-0.25, -0.2) is 9.24 Å². The van der Waals surface area contributed by atoms with E-state index >= 15 is 0 Å². The molecule has 0 aliphatic carbocycles. The molecule has 28 heteroatoms. The van der Waals surface area contributed by atoms with Gasteiger partial charge in [0.15, 0.2) is 0 Å². The van der Waals surface area contributed by atoms with E-state index in [0.29, 0.717) is 32.5 Å². The van der Waals surface area contributed by atoms with E-state index in [-0.39, 0.29) is 141 Å². The molecule has 0 saturated carbocycles. The van der Waals surface area contributed by atoms with Crippen LogP contribution in [0.5, 0.6) is 23.0 Å². The van der Waals surface area contributed by atoms with E-state index in [4.69, 9.17) is 70.9 Å². The number of unbranched alkanes of at least 4 members (excludes halogenated alkanes) is 6. The summed E-state index contributed by atoms with van der Waals surface area (Å²) >= 11 is 0. The summed E-state index contributed by atoms with van der Waals surface area (Å²) in [6.07, 6.45) is 6.92. The second-order valence-electron chi connectivity index (χ2n) is 28.5. The molecule has 0 aliphatic rings. The van der Waals surface area contributed by atoms with Crippen molar-refractivity contribution in [1.29, 1.82) is 10.5 Å². The lowest BCUT2D eigenvalue weighted by atomic mass is 9.79. The van der Waals surface area contributed by atoms with Gasteiger partial charge in [0.25, 0.3) is 8.53 Å². The van der Waals surface area contributed by atoms with E-state index in [1.807, 2.05) is 97.9 Å². The number of benzene rings is 6. The highest BCUT2D eigenvalue weighted by Gasteiger charge is 2.45. The van der Waals surface area contributed by atoms with Crippen LogP contribution in [0.2, 0.25) is 0 Å². The van der Waals surface area contributed by atoms with Crippen molar-refractivity contribution in [3.05, 3.63) is 191 Å². The largest absolute Gasteiger partial charge is 0.497 e. The molecule has 6 aromatic rings. The topological polar surface area (TPSA) is 341 Å². The van der Waals surface area contributed by atoms with Crippen molar-refractivity contribution >= 4 is 40.1 Å². The zero-order valence-corrected chi connectivity index (χ0v) is 71.7. The lowest BCUT2D eigenvalue weighted by molar-refractivity contribution is -0.145. The van der Waals surface area contributed by atoms with Gasteiger partial charge in [-0.05, 0) is 162 Å². The van der Waals surface area contributed by atoms with Crippen molar-refractivity contribution in [2.45, 2.75) is 169 Å². The van der Waals surface area contributed by atoms with Gasteiger partial charge in [0, 0.05) is 55.5 Å². The van der Waals surface area contributed by atoms with Crippen molar-refractivity contribution in [2.75, 3.05) is 121 Å². The Morgan fingerprint density at radius 1 is 0.440 bits per heavy atom. The number of phosphoric ester groups is 1. The Labute approximate surface area is 688 Å². The molecule has 0 saturated heterocycles. The van der Waals surface area contributed by atoms with E-state index in [9.17, 15) is 39.2 Å². The van der Waals surface area contributed by atoms with E-state index in [2.05, 4.69) is 129 Å². The summed E-state index contributed by atoms with van der Waals surface area (Å²) < 4.78 is 92.1. The maximum atomic E-state index is 12.7. The van der Waals surface area contributed by atoms with Crippen LogP contribution in [0.3, 0.4) is 0 Å². The molecule has 5 N–H and O–H groups in total. The molecular weight excluding hydrogens is 1520 g/mol. The average molecular weight is 1650 g/mol. The molecule has 2 atom stereocenters. The summed E-state index contributed by atoms with van der Waals surface area (Å²) in [6.45, 7) is 17.5. The number of hydrogen-bond acceptors (Lipinski definition) is 24. The van der Waals surface area contributed by atoms with Gasteiger partial charge in [0.05, 0.1) is 139 Å². The molecule has 0 aliphatic heterocycles. The zero-order valence-electron chi connectivity index (χ0n) is 69.9. The van der Waals surface area contributed by atoms with Gasteiger partial charge >= 0.3 is 19.8 Å². The number of esters is 2. The van der Waals surface area contributed by atoms with Gasteiger partial charge in [-0.15, -0.1) is 0 Å². The number of carbonyl (C=O) groups excluding carboxylic acids is 4. The van der Waals surface area contributed by atoms with Gasteiger partial charge in [-0.3, -0.25) is 32.7 Å². The normalized spacial score (nSPS) is 12.3. The fourth-order valence-electron chi connectivity index (χ4n) is 11.9. The Hall–Kier alpha value is -8.40. The second kappa shape index (κ2) is 55.3. The molecule has 116 heavy (non-hydrogen) atoms. The number of nitrogens with one attached hydrogen (secondary N) is 2. The molecule has 0 bridgehead atoms. The van der Waals surface area contributed by atoms with E-state index in [1.54, 1.807) is 42.3 Å². The predicted molar refractivity (Wildman–Crippen MR) is 446 cm³/mol. The van der Waals surface area contributed by atoms with E-state index < -0.39 is 44.4 Å². The number of ether oxygens (including phenoxy) is 8. The highest BCUT2D eigenvalue weighted by atomic mass is 31.2. The number of rotatable bonds is 55. The van der Waals surface area contributed by atoms with Crippen LogP contribution in [0.4, 0.5) is 0 Å². The molecule has 0 radical (unpaired) electrons. The maximum Gasteiger partial charge on any atom is 0.474 e. The third-order valence-corrected chi connectivity index (χ3v) is 21.8. The number of methoxy groups -OCH3 is 4. The first-order chi connectivity index (χ1) is 55.9. The summed E-state index contributed by atoms with van der Waals surface area (Å²) in [5.74, 6) is 1.88. The minimum atomic E-state index is -3.94. The molecule has 0 fully saturated rings. The minimum Gasteiger partial charge on any atom is -0.497 e. The minimum absolute atomic E-state index is 0.00990. The highest BCUT2D eigenvalue weighted by molar-refractivity contribution is 7.48. The van der Waals surface area contributed by atoms with Crippen LogP contribution >= 0.6 is 16.3 Å². The summed E-state index contributed by atoms with van der Waals surface area (Å²) in [4.78, 5) is 45.1. The summed E-state index contributed by atoms with van der Waals surface area (Å²) in [5, 5.41) is 50.6. The van der Waals surface area contributed by atoms with Gasteiger partial charge in [-0.1, -0.05) is 136 Å². The number of amides is 2. The van der Waals surface area contributed by atoms with Gasteiger partial charge in [-0.2, -0.15) is 10.5 Å². The van der Waals surface area contributed by atoms with Crippen LogP contribution in [-0.4, -0.2) is 177 Å². The molecule has 2 amide bonds. The molecule has 0 heterocycles. The number of carbonyl (C=O) groups is 4. The summed E-state index contributed by atoms with van der Waals surface area (Å²) in [6, 6.07) is 56.9. The first-order valence-corrected chi connectivity index (χ1v) is 42.3. The number of hydrogen-bond donors (Lipinski definition) is 5. The Kier molecular flexibility index (Phi) is 47.7. The average Bonchev–Trinajstić information content (AvgIpc) is 0.755. The maximum absolute atomic E-state index is 12.7. The Balaban J connectivity index is 0.000000476. The third-order valence-electron chi connectivity index (χ3n) is 18.3. The van der Waals surface area contributed by atoms with Crippen LogP contribution in [0, 0.1) is 33.5 Å². The molecule has 638 valence electrons. The van der Waals surface area contributed by atoms with E-state index in [1.165, 1.54) is 0 Å². The smallest absolute Gasteiger partial charge is 0.474 e. The highest BCUT2D eigenvalue weighted by Crippen LogP contribution is 2.52. The van der Waals surface area contributed by atoms with Crippen molar-refractivity contribution in [3.63, 3.8) is 0 Å². The quantitative estimate of drug-likeness (QED) is 0.0102. The van der Waals surface area contributed by atoms with Gasteiger partial charge in [0.1, 0.15) is 34.2 Å². The van der Waals surface area contributed by atoms with Crippen molar-refractivity contribution in [1.82, 2.24) is 15.3 Å². The number of aliphatic hydroxyl groups is 3. The number of phosphoric acid groups is 1. The number of nitriles is 2. The first kappa shape index (κ1) is 100.0. The Morgan fingerprint density at radius 3 is 1.14 bits per heavy atom. The van der Waals surface area contributed by atoms with Crippen LogP contribution in [0.25, 0.3) is 0 Å². The summed E-state index contributed by atoms with van der Waals surface area (Å²) in [5.41, 5.74) is 1.34. The third kappa shape index (κ3) is 34.3. The lowest BCUT2D eigenvalue weighted by Gasteiger charge is -2.43. The van der Waals surface area contributed by atoms with Crippen molar-refractivity contribution in [2.24, 2.45) is 10.8 Å². The van der Waals surface area contributed by atoms with Crippen molar-refractivity contribution in [3.8, 4) is 35.1 Å². The SMILES string of the molecule is CCNC(=O)CCC(=O)OCCCCCCO.CCNC(=O)CCC(=O)OCCCCCCOP(=O)(OCCC#N)OCC(C)(CO)CO.COc1ccc(C(OCC(C)(COP(OCCC#N)N(C(C)C)C(C)C)COC(c2ccccc2)(c2ccc(OC)cc2)c2ccc(OC)cc2)(c2ccccc2)c2ccc(OC)cc2)cc1. The summed E-state index contributed by atoms with van der Waals surface area (Å²) in [7, 11) is 1.08. The monoisotopic (exact) mass is 1650 g/mol. The fourth-order valence-corrected chi connectivity index (χ4v) is 15.0. The molecular formula is C88H125N5O21P2. The van der Waals surface area contributed by atoms with Crippen LogP contribution in [0.1, 0.15) is 179 Å². The van der Waals surface area contributed by atoms with Gasteiger partial charge in [0.2, 0.25) is 11.8 Å². The number of aliphatic hydroxyl groups excluding tert-OH is 3. The fraction of sp³-hybridized carbons (Fsp3) is 0.523.